The zero-order valence-corrected chi connectivity index (χ0v) is 17.0. The average Bonchev–Trinajstić information content (AvgIpc) is 3.23. The third-order valence-corrected chi connectivity index (χ3v) is 5.74. The van der Waals surface area contributed by atoms with E-state index in [-0.39, 0.29) is 0 Å². The van der Waals surface area contributed by atoms with Crippen molar-refractivity contribution >= 4 is 5.69 Å². The molecule has 1 aromatic heterocycles. The molecule has 0 bridgehead atoms. The first-order valence-corrected chi connectivity index (χ1v) is 11.0. The second kappa shape index (κ2) is 11.5. The van der Waals surface area contributed by atoms with Gasteiger partial charge in [-0.25, -0.2) is 0 Å². The summed E-state index contributed by atoms with van der Waals surface area (Å²) in [5.74, 6) is 1.66. The van der Waals surface area contributed by atoms with E-state index < -0.39 is 0 Å². The van der Waals surface area contributed by atoms with Crippen LogP contribution < -0.4 is 15.0 Å². The summed E-state index contributed by atoms with van der Waals surface area (Å²) in [5.41, 5.74) is 1.20. The van der Waals surface area contributed by atoms with Gasteiger partial charge in [-0.2, -0.15) is 0 Å². The zero-order valence-electron chi connectivity index (χ0n) is 17.0. The Balaban J connectivity index is 1.42. The van der Waals surface area contributed by atoms with Crippen LogP contribution in [0.3, 0.4) is 0 Å². The van der Waals surface area contributed by atoms with E-state index in [0.717, 1.165) is 51.1 Å². The summed E-state index contributed by atoms with van der Waals surface area (Å²) in [6.45, 7) is 8.15. The van der Waals surface area contributed by atoms with Gasteiger partial charge in [0.05, 0.1) is 18.1 Å². The van der Waals surface area contributed by atoms with Crippen LogP contribution >= 0.6 is 0 Å². The summed E-state index contributed by atoms with van der Waals surface area (Å²) in [6, 6.07) is 2.66. The van der Waals surface area contributed by atoms with Crippen LogP contribution in [0, 0.1) is 5.92 Å². The van der Waals surface area contributed by atoms with Gasteiger partial charge < -0.3 is 19.7 Å². The predicted molar refractivity (Wildman–Crippen MR) is 111 cm³/mol. The van der Waals surface area contributed by atoms with Gasteiger partial charge >= 0.3 is 0 Å². The van der Waals surface area contributed by atoms with Gasteiger partial charge in [-0.3, -0.25) is 4.98 Å². The van der Waals surface area contributed by atoms with Crippen LogP contribution in [0.5, 0.6) is 5.75 Å². The fourth-order valence-electron chi connectivity index (χ4n) is 4.11. The van der Waals surface area contributed by atoms with Crippen LogP contribution in [0.1, 0.15) is 58.3 Å². The number of hydrogen-bond acceptors (Lipinski definition) is 5. The van der Waals surface area contributed by atoms with E-state index in [4.69, 9.17) is 9.47 Å². The lowest BCUT2D eigenvalue weighted by Gasteiger charge is -2.34. The second-order valence-corrected chi connectivity index (χ2v) is 8.05. The molecular formula is C22H37N3O2. The second-order valence-electron chi connectivity index (χ2n) is 8.05. The first kappa shape index (κ1) is 20.4. The summed E-state index contributed by atoms with van der Waals surface area (Å²) in [5, 5.41) is 3.48. The van der Waals surface area contributed by atoms with Gasteiger partial charge in [-0.1, -0.05) is 13.3 Å². The molecule has 27 heavy (non-hydrogen) atoms. The number of aromatic nitrogens is 1. The normalized spacial score (nSPS) is 22.9. The van der Waals surface area contributed by atoms with E-state index in [1.54, 1.807) is 0 Å². The molecule has 0 unspecified atom stereocenters. The summed E-state index contributed by atoms with van der Waals surface area (Å²) < 4.78 is 11.7. The van der Waals surface area contributed by atoms with E-state index in [1.807, 2.05) is 12.4 Å². The van der Waals surface area contributed by atoms with Crippen molar-refractivity contribution in [1.29, 1.82) is 0 Å². The monoisotopic (exact) mass is 375 g/mol. The van der Waals surface area contributed by atoms with Crippen LogP contribution in [-0.4, -0.2) is 50.5 Å². The topological polar surface area (TPSA) is 46.6 Å². The number of hydrogen-bond donors (Lipinski definition) is 1. The van der Waals surface area contributed by atoms with Crippen molar-refractivity contribution in [3.63, 3.8) is 0 Å². The molecule has 3 rings (SSSR count). The minimum Gasteiger partial charge on any atom is -0.490 e. The quantitative estimate of drug-likeness (QED) is 0.592. The molecule has 2 aliphatic rings. The highest BCUT2D eigenvalue weighted by Crippen LogP contribution is 2.27. The van der Waals surface area contributed by atoms with Crippen molar-refractivity contribution in [3.05, 3.63) is 18.5 Å². The van der Waals surface area contributed by atoms with Gasteiger partial charge in [0.25, 0.3) is 0 Å². The Morgan fingerprint density at radius 1 is 1.19 bits per heavy atom. The van der Waals surface area contributed by atoms with Gasteiger partial charge in [-0.05, 0) is 57.4 Å². The van der Waals surface area contributed by atoms with E-state index in [1.165, 1.54) is 57.1 Å². The van der Waals surface area contributed by atoms with Crippen LogP contribution in [0.4, 0.5) is 5.69 Å². The molecule has 152 valence electrons. The Morgan fingerprint density at radius 2 is 2.11 bits per heavy atom. The lowest BCUT2D eigenvalue weighted by Crippen LogP contribution is -2.35. The fourth-order valence-corrected chi connectivity index (χ4v) is 4.11. The maximum Gasteiger partial charge on any atom is 0.139 e. The Bertz CT molecular complexity index is 534. The smallest absolute Gasteiger partial charge is 0.139 e. The van der Waals surface area contributed by atoms with Crippen LogP contribution in [0.15, 0.2) is 18.5 Å². The SMILES string of the molecule is CCCCOCCC[C@H]1CCCN(c2cncc(OC[C@@H]3CCCN3)c2)C1. The number of ether oxygens (including phenoxy) is 2. The molecule has 1 N–H and O–H groups in total. The number of pyridine rings is 1. The molecule has 0 aliphatic carbocycles. The van der Waals surface area contributed by atoms with Gasteiger partial charge in [0.1, 0.15) is 12.4 Å². The minimum atomic E-state index is 0.493. The third-order valence-electron chi connectivity index (χ3n) is 5.74. The van der Waals surface area contributed by atoms with Crippen molar-refractivity contribution in [1.82, 2.24) is 10.3 Å². The van der Waals surface area contributed by atoms with Gasteiger partial charge in [0.2, 0.25) is 0 Å². The van der Waals surface area contributed by atoms with E-state index in [9.17, 15) is 0 Å². The molecule has 0 radical (unpaired) electrons. The lowest BCUT2D eigenvalue weighted by atomic mass is 9.93. The summed E-state index contributed by atoms with van der Waals surface area (Å²) in [7, 11) is 0. The maximum atomic E-state index is 5.99. The molecule has 0 saturated carbocycles. The Kier molecular flexibility index (Phi) is 8.69. The number of piperidine rings is 1. The van der Waals surface area contributed by atoms with Crippen LogP contribution in [0.25, 0.3) is 0 Å². The molecule has 2 fully saturated rings. The van der Waals surface area contributed by atoms with Crippen molar-refractivity contribution in [2.24, 2.45) is 5.92 Å². The van der Waals surface area contributed by atoms with Gasteiger partial charge in [-0.15, -0.1) is 0 Å². The number of rotatable bonds is 11. The molecule has 1 aromatic rings. The molecule has 2 atom stereocenters. The summed E-state index contributed by atoms with van der Waals surface area (Å²) in [6.07, 6.45) is 13.7. The molecule has 0 aromatic carbocycles. The van der Waals surface area contributed by atoms with Gasteiger partial charge in [0.15, 0.2) is 0 Å². The molecule has 5 nitrogen and oxygen atoms in total. The first-order valence-electron chi connectivity index (χ1n) is 11.0. The number of unbranched alkanes of at least 4 members (excludes halogenated alkanes) is 1. The largest absolute Gasteiger partial charge is 0.490 e. The molecule has 2 saturated heterocycles. The van der Waals surface area contributed by atoms with E-state index >= 15 is 0 Å². The molecule has 2 aliphatic heterocycles. The summed E-state index contributed by atoms with van der Waals surface area (Å²) >= 11 is 0. The fraction of sp³-hybridized carbons (Fsp3) is 0.773. The molecule has 5 heteroatoms. The van der Waals surface area contributed by atoms with Crippen molar-refractivity contribution < 1.29 is 9.47 Å². The van der Waals surface area contributed by atoms with E-state index in [2.05, 4.69) is 28.2 Å². The standard InChI is InChI=1S/C22H37N3O2/c1-2-3-12-26-13-6-8-19-7-5-11-25(17-19)21-14-22(16-23-15-21)27-18-20-9-4-10-24-20/h14-16,19-20,24H,2-13,17-18H2,1H3/t19-,20+/m1/s1. The Hall–Kier alpha value is -1.33. The molecule has 0 spiro atoms. The minimum absolute atomic E-state index is 0.493. The Morgan fingerprint density at radius 3 is 2.96 bits per heavy atom. The molecular weight excluding hydrogens is 338 g/mol. The number of nitrogens with one attached hydrogen (secondary N) is 1. The molecule has 0 amide bonds. The highest BCUT2D eigenvalue weighted by atomic mass is 16.5. The van der Waals surface area contributed by atoms with Crippen LogP contribution in [-0.2, 0) is 4.74 Å². The summed E-state index contributed by atoms with van der Waals surface area (Å²) in [4.78, 5) is 6.91. The first-order chi connectivity index (χ1) is 13.3. The number of anilines is 1. The van der Waals surface area contributed by atoms with Crippen molar-refractivity contribution in [3.8, 4) is 5.75 Å². The third kappa shape index (κ3) is 6.96. The van der Waals surface area contributed by atoms with Crippen molar-refractivity contribution in [2.45, 2.75) is 64.3 Å². The number of nitrogens with zero attached hydrogens (tertiary/aromatic N) is 2. The highest BCUT2D eigenvalue weighted by Gasteiger charge is 2.21. The maximum absolute atomic E-state index is 5.99. The predicted octanol–water partition coefficient (Wildman–Crippen LogP) is 4.03. The van der Waals surface area contributed by atoms with E-state index in [0.29, 0.717) is 6.04 Å². The van der Waals surface area contributed by atoms with Crippen LogP contribution in [0.2, 0.25) is 0 Å². The highest BCUT2D eigenvalue weighted by molar-refractivity contribution is 5.48. The Labute approximate surface area is 164 Å². The average molecular weight is 376 g/mol. The lowest BCUT2D eigenvalue weighted by molar-refractivity contribution is 0.123. The zero-order chi connectivity index (χ0) is 18.7. The molecule has 3 heterocycles. The van der Waals surface area contributed by atoms with Crippen molar-refractivity contribution in [2.75, 3.05) is 44.4 Å². The van der Waals surface area contributed by atoms with Gasteiger partial charge in [0, 0.05) is 38.4 Å².